The lowest BCUT2D eigenvalue weighted by Gasteiger charge is -2.22. The van der Waals surface area contributed by atoms with Crippen LogP contribution in [0, 0.1) is 5.82 Å². The third-order valence-electron chi connectivity index (χ3n) is 2.70. The Kier molecular flexibility index (Phi) is 4.28. The molecule has 18 heavy (non-hydrogen) atoms. The van der Waals surface area contributed by atoms with Gasteiger partial charge in [0.25, 0.3) is 0 Å². The number of hydrogen-bond donors (Lipinski definition) is 1. The van der Waals surface area contributed by atoms with Crippen LogP contribution in [0.4, 0.5) is 10.1 Å². The molecule has 1 heterocycles. The molecule has 0 atom stereocenters. The summed E-state index contributed by atoms with van der Waals surface area (Å²) in [6, 6.07) is 5.17. The fraction of sp³-hybridized carbons (Fsp3) is 0.308. The average Bonchev–Trinajstić information content (AvgIpc) is 2.82. The Morgan fingerprint density at radius 1 is 1.44 bits per heavy atom. The summed E-state index contributed by atoms with van der Waals surface area (Å²) in [5.74, 6) is -0.194. The van der Waals surface area contributed by atoms with Crippen molar-refractivity contribution in [2.24, 2.45) is 0 Å². The molecule has 0 fully saturated rings. The van der Waals surface area contributed by atoms with E-state index in [0.717, 1.165) is 11.3 Å². The maximum absolute atomic E-state index is 14.0. The minimum atomic E-state index is -0.194. The second kappa shape index (κ2) is 5.93. The van der Waals surface area contributed by atoms with E-state index in [4.69, 9.17) is 0 Å². The van der Waals surface area contributed by atoms with Crippen LogP contribution in [0.2, 0.25) is 0 Å². The molecule has 0 aliphatic heterocycles. The number of para-hydroxylation sites is 1. The number of nitrogens with one attached hydrogen (secondary N) is 1. The molecule has 0 radical (unpaired) electrons. The van der Waals surface area contributed by atoms with Crippen LogP contribution < -0.4 is 10.2 Å². The van der Waals surface area contributed by atoms with Crippen LogP contribution in [-0.4, -0.2) is 19.1 Å². The van der Waals surface area contributed by atoms with Gasteiger partial charge in [-0.3, -0.25) is 0 Å². The number of aromatic nitrogens is 1. The van der Waals surface area contributed by atoms with E-state index < -0.39 is 0 Å². The summed E-state index contributed by atoms with van der Waals surface area (Å²) in [6.45, 7) is 1.26. The van der Waals surface area contributed by atoms with Gasteiger partial charge in [-0.1, -0.05) is 12.1 Å². The van der Waals surface area contributed by atoms with E-state index in [-0.39, 0.29) is 5.82 Å². The largest absolute Gasteiger partial charge is 0.366 e. The van der Waals surface area contributed by atoms with E-state index in [1.165, 1.54) is 6.07 Å². The summed E-state index contributed by atoms with van der Waals surface area (Å²) < 4.78 is 14.0. The first-order valence-electron chi connectivity index (χ1n) is 5.72. The molecule has 0 aliphatic carbocycles. The fourth-order valence-electron chi connectivity index (χ4n) is 1.96. The standard InChI is InChI=1S/C13H16FN3S/c1-15-6-10-4-3-5-12(14)13(10)17(2)7-11-8-18-9-16-11/h3-5,8-9,15H,6-7H2,1-2H3. The van der Waals surface area contributed by atoms with Crippen molar-refractivity contribution in [3.05, 3.63) is 46.2 Å². The van der Waals surface area contributed by atoms with Gasteiger partial charge < -0.3 is 10.2 Å². The summed E-state index contributed by atoms with van der Waals surface area (Å²) in [5.41, 5.74) is 4.34. The van der Waals surface area contributed by atoms with E-state index in [1.807, 2.05) is 30.4 Å². The van der Waals surface area contributed by atoms with Crippen molar-refractivity contribution in [2.75, 3.05) is 19.0 Å². The van der Waals surface area contributed by atoms with Crippen molar-refractivity contribution in [3.63, 3.8) is 0 Å². The summed E-state index contributed by atoms with van der Waals surface area (Å²) in [4.78, 5) is 6.13. The lowest BCUT2D eigenvalue weighted by molar-refractivity contribution is 0.617. The van der Waals surface area contributed by atoms with Crippen molar-refractivity contribution in [1.29, 1.82) is 0 Å². The summed E-state index contributed by atoms with van der Waals surface area (Å²) in [5, 5.41) is 5.04. The highest BCUT2D eigenvalue weighted by molar-refractivity contribution is 7.07. The zero-order chi connectivity index (χ0) is 13.0. The van der Waals surface area contributed by atoms with Gasteiger partial charge in [-0.25, -0.2) is 9.37 Å². The van der Waals surface area contributed by atoms with Crippen molar-refractivity contribution in [3.8, 4) is 0 Å². The maximum Gasteiger partial charge on any atom is 0.146 e. The molecule has 1 N–H and O–H groups in total. The zero-order valence-electron chi connectivity index (χ0n) is 10.5. The third-order valence-corrected chi connectivity index (χ3v) is 3.34. The van der Waals surface area contributed by atoms with Gasteiger partial charge in [0.05, 0.1) is 23.4 Å². The van der Waals surface area contributed by atoms with E-state index in [1.54, 1.807) is 22.9 Å². The first-order valence-corrected chi connectivity index (χ1v) is 6.67. The van der Waals surface area contributed by atoms with E-state index >= 15 is 0 Å². The van der Waals surface area contributed by atoms with Crippen LogP contribution in [0.3, 0.4) is 0 Å². The molecule has 0 spiro atoms. The molecule has 5 heteroatoms. The SMILES string of the molecule is CNCc1cccc(F)c1N(C)Cc1cscn1. The first kappa shape index (κ1) is 13.0. The lowest BCUT2D eigenvalue weighted by Crippen LogP contribution is -2.21. The Morgan fingerprint density at radius 3 is 2.94 bits per heavy atom. The lowest BCUT2D eigenvalue weighted by atomic mass is 10.1. The third kappa shape index (κ3) is 2.86. The second-order valence-corrected chi connectivity index (χ2v) is 4.83. The number of nitrogens with zero attached hydrogens (tertiary/aromatic N) is 2. The molecular formula is C13H16FN3S. The number of hydrogen-bond acceptors (Lipinski definition) is 4. The Hall–Kier alpha value is -1.46. The Morgan fingerprint density at radius 2 is 2.28 bits per heavy atom. The van der Waals surface area contributed by atoms with Gasteiger partial charge in [0.15, 0.2) is 0 Å². The van der Waals surface area contributed by atoms with E-state index in [9.17, 15) is 4.39 Å². The average molecular weight is 265 g/mol. The van der Waals surface area contributed by atoms with Crippen LogP contribution in [0.15, 0.2) is 29.1 Å². The molecule has 2 rings (SSSR count). The Bertz CT molecular complexity index is 499. The van der Waals surface area contributed by atoms with E-state index in [2.05, 4.69) is 10.3 Å². The molecule has 1 aromatic heterocycles. The molecule has 96 valence electrons. The number of thiazole rings is 1. The normalized spacial score (nSPS) is 10.6. The fourth-order valence-corrected chi connectivity index (χ4v) is 2.51. The molecule has 0 aliphatic rings. The topological polar surface area (TPSA) is 28.2 Å². The van der Waals surface area contributed by atoms with Crippen molar-refractivity contribution >= 4 is 17.0 Å². The van der Waals surface area contributed by atoms with Crippen molar-refractivity contribution in [1.82, 2.24) is 10.3 Å². The molecule has 1 aromatic carbocycles. The number of benzene rings is 1. The van der Waals surface area contributed by atoms with Crippen molar-refractivity contribution in [2.45, 2.75) is 13.1 Å². The smallest absolute Gasteiger partial charge is 0.146 e. The van der Waals surface area contributed by atoms with Crippen LogP contribution in [0.1, 0.15) is 11.3 Å². The Labute approximate surface area is 110 Å². The molecule has 2 aromatic rings. The maximum atomic E-state index is 14.0. The van der Waals surface area contributed by atoms with Crippen LogP contribution in [-0.2, 0) is 13.1 Å². The predicted molar refractivity (Wildman–Crippen MR) is 73.4 cm³/mol. The minimum absolute atomic E-state index is 0.194. The number of rotatable bonds is 5. The van der Waals surface area contributed by atoms with Gasteiger partial charge >= 0.3 is 0 Å². The highest BCUT2D eigenvalue weighted by atomic mass is 32.1. The van der Waals surface area contributed by atoms with Gasteiger partial charge in [-0.2, -0.15) is 0 Å². The van der Waals surface area contributed by atoms with Gasteiger partial charge in [0, 0.05) is 19.0 Å². The molecule has 0 amide bonds. The summed E-state index contributed by atoms with van der Waals surface area (Å²) in [6.07, 6.45) is 0. The minimum Gasteiger partial charge on any atom is -0.366 e. The molecule has 0 bridgehead atoms. The molecule has 3 nitrogen and oxygen atoms in total. The molecule has 0 saturated carbocycles. The van der Waals surface area contributed by atoms with Crippen LogP contribution >= 0.6 is 11.3 Å². The monoisotopic (exact) mass is 265 g/mol. The molecule has 0 saturated heterocycles. The second-order valence-electron chi connectivity index (χ2n) is 4.11. The van der Waals surface area contributed by atoms with Crippen LogP contribution in [0.5, 0.6) is 0 Å². The van der Waals surface area contributed by atoms with Gasteiger partial charge in [-0.05, 0) is 18.7 Å². The van der Waals surface area contributed by atoms with Gasteiger partial charge in [0.1, 0.15) is 5.82 Å². The van der Waals surface area contributed by atoms with Crippen LogP contribution in [0.25, 0.3) is 0 Å². The zero-order valence-corrected chi connectivity index (χ0v) is 11.3. The van der Waals surface area contributed by atoms with E-state index in [0.29, 0.717) is 18.8 Å². The van der Waals surface area contributed by atoms with Gasteiger partial charge in [-0.15, -0.1) is 11.3 Å². The number of halogens is 1. The highest BCUT2D eigenvalue weighted by Gasteiger charge is 2.13. The first-order chi connectivity index (χ1) is 8.72. The molecular weight excluding hydrogens is 249 g/mol. The predicted octanol–water partition coefficient (Wildman–Crippen LogP) is 2.64. The highest BCUT2D eigenvalue weighted by Crippen LogP contribution is 2.24. The Balaban J connectivity index is 2.25. The summed E-state index contributed by atoms with van der Waals surface area (Å²) in [7, 11) is 3.74. The van der Waals surface area contributed by atoms with Crippen molar-refractivity contribution < 1.29 is 4.39 Å². The summed E-state index contributed by atoms with van der Waals surface area (Å²) >= 11 is 1.55. The van der Waals surface area contributed by atoms with Gasteiger partial charge in [0.2, 0.25) is 0 Å². The number of anilines is 1. The quantitative estimate of drug-likeness (QED) is 0.901. The molecule has 0 unspecified atom stereocenters.